The quantitative estimate of drug-likeness (QED) is 0.0469. The van der Waals surface area contributed by atoms with Gasteiger partial charge in [0.1, 0.15) is 48.8 Å². The average molecular weight is 1080 g/mol. The zero-order valence-electron chi connectivity index (χ0n) is 45.4. The van der Waals surface area contributed by atoms with Crippen LogP contribution in [-0.4, -0.2) is 74.1 Å². The lowest BCUT2D eigenvalue weighted by atomic mass is 9.91. The van der Waals surface area contributed by atoms with Gasteiger partial charge in [-0.25, -0.2) is 0 Å². The highest BCUT2D eigenvalue weighted by atomic mass is 16.8. The maximum Gasteiger partial charge on any atom is 0.198 e. The van der Waals surface area contributed by atoms with E-state index in [0.717, 1.165) is 44.5 Å². The number of hydrogen-bond acceptors (Lipinski definition) is 11. The van der Waals surface area contributed by atoms with E-state index >= 15 is 0 Å². The molecule has 2 aliphatic heterocycles. The molecule has 8 aromatic rings. The zero-order chi connectivity index (χ0) is 54.4. The van der Waals surface area contributed by atoms with Gasteiger partial charge >= 0.3 is 0 Å². The summed E-state index contributed by atoms with van der Waals surface area (Å²) in [6.07, 6.45) is -7.53. The van der Waals surface area contributed by atoms with E-state index < -0.39 is 60.9 Å². The number of rotatable bonds is 28. The lowest BCUT2D eigenvalue weighted by molar-refractivity contribution is -0.431. The predicted octanol–water partition coefficient (Wildman–Crippen LogP) is 12.8. The minimum absolute atomic E-state index is 0.123. The molecule has 0 saturated carbocycles. The van der Waals surface area contributed by atoms with Gasteiger partial charge in [-0.05, 0) is 51.4 Å². The molecule has 80 heavy (non-hydrogen) atoms. The van der Waals surface area contributed by atoms with Crippen LogP contribution in [-0.2, 0) is 105 Å². The fraction of sp³-hybridized carbons (Fsp3) is 0.304. The van der Waals surface area contributed by atoms with Crippen LogP contribution < -0.4 is 0 Å². The summed E-state index contributed by atoms with van der Waals surface area (Å²) in [5.41, 5.74) is 7.88. The molecular formula is C69H72O11. The Hall–Kier alpha value is -6.68. The van der Waals surface area contributed by atoms with Crippen LogP contribution in [0.15, 0.2) is 243 Å². The van der Waals surface area contributed by atoms with Gasteiger partial charge in [0, 0.05) is 0 Å². The maximum absolute atomic E-state index is 7.62. The largest absolute Gasteiger partial charge is 0.374 e. The summed E-state index contributed by atoms with van der Waals surface area (Å²) in [4.78, 5) is 0. The molecule has 0 spiro atoms. The lowest BCUT2D eigenvalue weighted by Gasteiger charge is -2.53. The van der Waals surface area contributed by atoms with Crippen molar-refractivity contribution in [3.8, 4) is 0 Å². The predicted molar refractivity (Wildman–Crippen MR) is 305 cm³/mol. The Morgan fingerprint density at radius 3 is 0.938 bits per heavy atom. The molecule has 0 bridgehead atoms. The topological polar surface area (TPSA) is 102 Å². The van der Waals surface area contributed by atoms with Crippen LogP contribution in [0, 0.1) is 0 Å². The molecule has 10 rings (SSSR count). The molecule has 0 unspecified atom stereocenters. The lowest BCUT2D eigenvalue weighted by Crippen LogP contribution is -2.70. The summed E-state index contributed by atoms with van der Waals surface area (Å²) in [7, 11) is 0. The molecule has 2 saturated heterocycles. The second-order valence-corrected chi connectivity index (χ2v) is 20.4. The number of benzene rings is 8. The van der Waals surface area contributed by atoms with Gasteiger partial charge in [-0.2, -0.15) is 0 Å². The molecule has 2 fully saturated rings. The first-order chi connectivity index (χ1) is 39.5. The van der Waals surface area contributed by atoms with E-state index in [-0.39, 0.29) is 52.9 Å². The third-order valence-corrected chi connectivity index (χ3v) is 14.3. The van der Waals surface area contributed by atoms with Gasteiger partial charge in [0.05, 0.1) is 66.1 Å². The summed E-state index contributed by atoms with van der Waals surface area (Å²) in [5.74, 6) is -1.64. The molecule has 0 N–H and O–H groups in total. The molecule has 11 heteroatoms. The Kier molecular flexibility index (Phi) is 21.0. The summed E-state index contributed by atoms with van der Waals surface area (Å²) in [6.45, 7) is 4.28. The zero-order valence-corrected chi connectivity index (χ0v) is 45.4. The van der Waals surface area contributed by atoms with Crippen molar-refractivity contribution in [2.75, 3.05) is 13.2 Å². The summed E-state index contributed by atoms with van der Waals surface area (Å²) in [6, 6.07) is 80.7. The molecule has 8 aromatic carbocycles. The molecular weight excluding hydrogens is 1000 g/mol. The molecule has 0 aromatic heterocycles. The van der Waals surface area contributed by atoms with Crippen LogP contribution in [0.5, 0.6) is 0 Å². The van der Waals surface area contributed by atoms with Gasteiger partial charge in [-0.1, -0.05) is 243 Å². The van der Waals surface area contributed by atoms with Gasteiger partial charge < -0.3 is 52.1 Å². The van der Waals surface area contributed by atoms with E-state index in [2.05, 4.69) is 0 Å². The van der Waals surface area contributed by atoms with Crippen LogP contribution in [0.1, 0.15) is 51.4 Å². The van der Waals surface area contributed by atoms with E-state index in [0.29, 0.717) is 13.2 Å². The smallest absolute Gasteiger partial charge is 0.198 e. The van der Waals surface area contributed by atoms with Crippen molar-refractivity contribution in [1.29, 1.82) is 0 Å². The van der Waals surface area contributed by atoms with Crippen LogP contribution in [0.25, 0.3) is 0 Å². The molecule has 414 valence electrons. The summed E-state index contributed by atoms with van der Waals surface area (Å²) in [5, 5.41) is 0. The van der Waals surface area contributed by atoms with Gasteiger partial charge in [0.2, 0.25) is 0 Å². The highest BCUT2D eigenvalue weighted by Gasteiger charge is 2.59. The Morgan fingerprint density at radius 2 is 0.575 bits per heavy atom. The second-order valence-electron chi connectivity index (χ2n) is 20.4. The molecule has 2 heterocycles. The van der Waals surface area contributed by atoms with Crippen molar-refractivity contribution in [3.05, 3.63) is 287 Å². The highest BCUT2D eigenvalue weighted by Crippen LogP contribution is 2.42. The summed E-state index contributed by atoms with van der Waals surface area (Å²) < 4.78 is 78.4. The van der Waals surface area contributed by atoms with Crippen LogP contribution >= 0.6 is 0 Å². The van der Waals surface area contributed by atoms with E-state index in [1.54, 1.807) is 0 Å². The maximum atomic E-state index is 7.62. The van der Waals surface area contributed by atoms with Crippen molar-refractivity contribution in [2.24, 2.45) is 0 Å². The third-order valence-electron chi connectivity index (χ3n) is 14.3. The number of ether oxygens (including phenoxy) is 11. The van der Waals surface area contributed by atoms with E-state index in [1.807, 2.05) is 250 Å². The van der Waals surface area contributed by atoms with Gasteiger partial charge in [0.25, 0.3) is 0 Å². The molecule has 11 nitrogen and oxygen atoms in total. The second kappa shape index (κ2) is 29.7. The Morgan fingerprint density at radius 1 is 0.300 bits per heavy atom. The molecule has 0 radical (unpaired) electrons. The van der Waals surface area contributed by atoms with Crippen LogP contribution in [0.4, 0.5) is 0 Å². The van der Waals surface area contributed by atoms with Crippen molar-refractivity contribution in [3.63, 3.8) is 0 Å². The monoisotopic (exact) mass is 1080 g/mol. The van der Waals surface area contributed by atoms with Crippen molar-refractivity contribution >= 4 is 0 Å². The first-order valence-corrected chi connectivity index (χ1v) is 27.7. The average Bonchev–Trinajstić information content (AvgIpc) is 3.60. The Balaban J connectivity index is 1.06. The number of hydrogen-bond donors (Lipinski definition) is 0. The minimum Gasteiger partial charge on any atom is -0.374 e. The van der Waals surface area contributed by atoms with E-state index in [9.17, 15) is 0 Å². The van der Waals surface area contributed by atoms with Crippen LogP contribution in [0.3, 0.4) is 0 Å². The highest BCUT2D eigenvalue weighted by molar-refractivity contribution is 5.20. The third kappa shape index (κ3) is 16.2. The first-order valence-electron chi connectivity index (χ1n) is 27.7. The van der Waals surface area contributed by atoms with Crippen molar-refractivity contribution < 1.29 is 52.1 Å². The first kappa shape index (κ1) is 56.6. The molecule has 0 aliphatic carbocycles. The van der Waals surface area contributed by atoms with E-state index in [1.165, 1.54) is 0 Å². The normalized spacial score (nSPS) is 23.8. The fourth-order valence-electron chi connectivity index (χ4n) is 10.2. The standard InChI is InChI=1S/C69H72O11/c1-69(67(77-49-59-40-24-9-25-41-59)65(75-47-57-36-20-7-21-37-57)63(73-45-55-32-16-5-17-33-55)61(79-69)51-71-43-53-28-12-3-13-29-53)80-68-66(76-48-58-38-22-8-23-39-58)64(74-46-56-34-18-6-19-35-56)62(72-44-54-30-14-4-15-31-54)60(78-68)50-70-42-52-26-10-2-11-27-52/h2-41,60-68H,42-51H2,1H3/t60-,61-,62-,63+,64+,65+,66+,67-,68-,69-/m1/s1. The fourth-order valence-corrected chi connectivity index (χ4v) is 10.2. The molecule has 0 amide bonds. The van der Waals surface area contributed by atoms with Crippen LogP contribution in [0.2, 0.25) is 0 Å². The molecule has 10 atom stereocenters. The van der Waals surface area contributed by atoms with Gasteiger partial charge in [-0.3, -0.25) is 0 Å². The minimum atomic E-state index is -1.64. The van der Waals surface area contributed by atoms with Gasteiger partial charge in [-0.15, -0.1) is 0 Å². The van der Waals surface area contributed by atoms with Crippen molar-refractivity contribution in [1.82, 2.24) is 0 Å². The summed E-state index contributed by atoms with van der Waals surface area (Å²) >= 11 is 0. The Bertz CT molecular complexity index is 2950. The van der Waals surface area contributed by atoms with E-state index in [4.69, 9.17) is 52.1 Å². The van der Waals surface area contributed by atoms with Crippen molar-refractivity contribution in [2.45, 2.75) is 121 Å². The molecule has 2 aliphatic rings. The van der Waals surface area contributed by atoms with Gasteiger partial charge in [0.15, 0.2) is 12.1 Å². The SMILES string of the molecule is C[C@]1(O[C@H]2O[C@H](COCc3ccccc3)[C@@H](OCc3ccccc3)[C@H](OCc3ccccc3)[C@@H]2OCc2ccccc2)O[C@H](COCc2ccccc2)[C@H](OCc2ccccc2)[C@H](OCc2ccccc2)[C@H]1OCc1ccccc1. The Labute approximate surface area is 471 Å².